The van der Waals surface area contributed by atoms with Gasteiger partial charge in [-0.1, -0.05) is 12.1 Å². The standard InChI is InChI=1S/C16H19NOS/c1-2-18-13-8-6-11(7-9-13)16(17)15-10-12-4-3-5-14(12)19-15/h6-10,16H,2-5,17H2,1H3. The van der Waals surface area contributed by atoms with Crippen LogP contribution in [0.1, 0.15) is 40.3 Å². The molecule has 0 aliphatic heterocycles. The molecule has 1 aromatic carbocycles. The Balaban J connectivity index is 1.80. The van der Waals surface area contributed by atoms with Crippen LogP contribution < -0.4 is 10.5 Å². The molecule has 19 heavy (non-hydrogen) atoms. The van der Waals surface area contributed by atoms with Crippen LogP contribution in [0.25, 0.3) is 0 Å². The number of nitrogens with two attached hydrogens (primary N) is 1. The molecule has 3 heteroatoms. The minimum absolute atomic E-state index is 0.00808. The quantitative estimate of drug-likeness (QED) is 0.922. The van der Waals surface area contributed by atoms with Crippen LogP contribution >= 0.6 is 11.3 Å². The number of hydrogen-bond donors (Lipinski definition) is 1. The topological polar surface area (TPSA) is 35.2 Å². The summed E-state index contributed by atoms with van der Waals surface area (Å²) < 4.78 is 5.46. The minimum atomic E-state index is -0.00808. The maximum atomic E-state index is 6.37. The van der Waals surface area contributed by atoms with Gasteiger partial charge in [0.15, 0.2) is 0 Å². The van der Waals surface area contributed by atoms with Crippen LogP contribution in [0, 0.1) is 0 Å². The van der Waals surface area contributed by atoms with E-state index < -0.39 is 0 Å². The summed E-state index contributed by atoms with van der Waals surface area (Å²) in [6.07, 6.45) is 3.76. The number of ether oxygens (including phenoxy) is 1. The molecule has 1 aliphatic carbocycles. The number of hydrogen-bond acceptors (Lipinski definition) is 3. The summed E-state index contributed by atoms with van der Waals surface area (Å²) in [5.74, 6) is 0.909. The smallest absolute Gasteiger partial charge is 0.119 e. The van der Waals surface area contributed by atoms with Gasteiger partial charge in [0.05, 0.1) is 12.6 Å². The van der Waals surface area contributed by atoms with Crippen LogP contribution in [0.5, 0.6) is 5.75 Å². The second kappa shape index (κ2) is 5.35. The highest BCUT2D eigenvalue weighted by Crippen LogP contribution is 2.35. The van der Waals surface area contributed by atoms with Crippen molar-refractivity contribution in [3.63, 3.8) is 0 Å². The first-order valence-corrected chi connectivity index (χ1v) is 7.69. The normalized spacial score (nSPS) is 15.3. The summed E-state index contributed by atoms with van der Waals surface area (Å²) in [6, 6.07) is 10.4. The van der Waals surface area contributed by atoms with Gasteiger partial charge in [0, 0.05) is 9.75 Å². The van der Waals surface area contributed by atoms with Crippen molar-refractivity contribution >= 4 is 11.3 Å². The minimum Gasteiger partial charge on any atom is -0.494 e. The van der Waals surface area contributed by atoms with E-state index in [1.54, 1.807) is 0 Å². The summed E-state index contributed by atoms with van der Waals surface area (Å²) in [6.45, 7) is 2.69. The van der Waals surface area contributed by atoms with Gasteiger partial charge < -0.3 is 10.5 Å². The fraction of sp³-hybridized carbons (Fsp3) is 0.375. The fourth-order valence-electron chi connectivity index (χ4n) is 2.61. The molecule has 0 saturated heterocycles. The molecule has 0 radical (unpaired) electrons. The lowest BCUT2D eigenvalue weighted by molar-refractivity contribution is 0.340. The van der Waals surface area contributed by atoms with Crippen molar-refractivity contribution in [2.45, 2.75) is 32.2 Å². The maximum absolute atomic E-state index is 6.37. The molecule has 0 fully saturated rings. The zero-order valence-electron chi connectivity index (χ0n) is 11.2. The van der Waals surface area contributed by atoms with E-state index in [-0.39, 0.29) is 6.04 Å². The second-order valence-electron chi connectivity index (χ2n) is 4.93. The second-order valence-corrected chi connectivity index (χ2v) is 6.10. The average Bonchev–Trinajstić information content (AvgIpc) is 3.00. The lowest BCUT2D eigenvalue weighted by atomic mass is 10.1. The molecule has 1 atom stereocenters. The van der Waals surface area contributed by atoms with Gasteiger partial charge >= 0.3 is 0 Å². The Morgan fingerprint density at radius 1 is 1.26 bits per heavy atom. The Bertz CT molecular complexity index is 537. The third-order valence-electron chi connectivity index (χ3n) is 3.62. The predicted octanol–water partition coefficient (Wildman–Crippen LogP) is 3.68. The Morgan fingerprint density at radius 2 is 2.05 bits per heavy atom. The molecule has 0 spiro atoms. The molecule has 2 N–H and O–H groups in total. The lowest BCUT2D eigenvalue weighted by Gasteiger charge is -2.11. The molecule has 0 amide bonds. The van der Waals surface area contributed by atoms with Crippen LogP contribution in [-0.4, -0.2) is 6.61 Å². The molecule has 2 nitrogen and oxygen atoms in total. The van der Waals surface area contributed by atoms with E-state index in [0.717, 1.165) is 11.3 Å². The first kappa shape index (κ1) is 12.7. The Kier molecular flexibility index (Phi) is 3.58. The molecule has 1 unspecified atom stereocenters. The van der Waals surface area contributed by atoms with Crippen molar-refractivity contribution in [3.8, 4) is 5.75 Å². The molecular weight excluding hydrogens is 254 g/mol. The first-order chi connectivity index (χ1) is 9.28. The van der Waals surface area contributed by atoms with Gasteiger partial charge in [-0.15, -0.1) is 11.3 Å². The van der Waals surface area contributed by atoms with Gasteiger partial charge in [-0.05, 0) is 55.5 Å². The molecule has 100 valence electrons. The van der Waals surface area contributed by atoms with Gasteiger partial charge in [-0.3, -0.25) is 0 Å². The number of rotatable bonds is 4. The third-order valence-corrected chi connectivity index (χ3v) is 4.94. The van der Waals surface area contributed by atoms with Crippen molar-refractivity contribution in [1.29, 1.82) is 0 Å². The molecule has 1 heterocycles. The summed E-state index contributed by atoms with van der Waals surface area (Å²) in [7, 11) is 0. The molecule has 0 bridgehead atoms. The summed E-state index contributed by atoms with van der Waals surface area (Å²) in [5.41, 5.74) is 9.04. The molecule has 0 saturated carbocycles. The van der Waals surface area contributed by atoms with Crippen LogP contribution in [0.2, 0.25) is 0 Å². The molecule has 3 rings (SSSR count). The van der Waals surface area contributed by atoms with Crippen molar-refractivity contribution in [2.75, 3.05) is 6.61 Å². The molecule has 1 aliphatic rings. The number of fused-ring (bicyclic) bond motifs is 1. The van der Waals surface area contributed by atoms with E-state index in [1.807, 2.05) is 30.4 Å². The zero-order chi connectivity index (χ0) is 13.2. The van der Waals surface area contributed by atoms with Gasteiger partial charge in [-0.25, -0.2) is 0 Å². The zero-order valence-corrected chi connectivity index (χ0v) is 12.0. The van der Waals surface area contributed by atoms with Crippen molar-refractivity contribution in [3.05, 3.63) is 51.2 Å². The monoisotopic (exact) mass is 273 g/mol. The average molecular weight is 273 g/mol. The lowest BCUT2D eigenvalue weighted by Crippen LogP contribution is -2.10. The van der Waals surface area contributed by atoms with Gasteiger partial charge in [0.2, 0.25) is 0 Å². The molecule has 2 aromatic rings. The number of thiophene rings is 1. The van der Waals surface area contributed by atoms with Gasteiger partial charge in [0.25, 0.3) is 0 Å². The number of aryl methyl sites for hydroxylation is 2. The van der Waals surface area contributed by atoms with Crippen molar-refractivity contribution in [1.82, 2.24) is 0 Å². The SMILES string of the molecule is CCOc1ccc(C(N)c2cc3c(s2)CCC3)cc1. The van der Waals surface area contributed by atoms with E-state index in [1.165, 1.54) is 34.6 Å². The van der Waals surface area contributed by atoms with Crippen LogP contribution in [0.3, 0.4) is 0 Å². The third kappa shape index (κ3) is 2.53. The highest BCUT2D eigenvalue weighted by atomic mass is 32.1. The highest BCUT2D eigenvalue weighted by molar-refractivity contribution is 7.12. The van der Waals surface area contributed by atoms with Crippen LogP contribution in [0.15, 0.2) is 30.3 Å². The van der Waals surface area contributed by atoms with Crippen LogP contribution in [0.4, 0.5) is 0 Å². The van der Waals surface area contributed by atoms with E-state index >= 15 is 0 Å². The van der Waals surface area contributed by atoms with E-state index in [2.05, 4.69) is 18.2 Å². The maximum Gasteiger partial charge on any atom is 0.119 e. The Hall–Kier alpha value is -1.32. The summed E-state index contributed by atoms with van der Waals surface area (Å²) in [4.78, 5) is 2.82. The van der Waals surface area contributed by atoms with E-state index in [0.29, 0.717) is 6.61 Å². The predicted molar refractivity (Wildman–Crippen MR) is 80.0 cm³/mol. The van der Waals surface area contributed by atoms with Gasteiger partial charge in [-0.2, -0.15) is 0 Å². The van der Waals surface area contributed by atoms with E-state index in [4.69, 9.17) is 10.5 Å². The Labute approximate surface area is 118 Å². The summed E-state index contributed by atoms with van der Waals surface area (Å²) in [5, 5.41) is 0. The van der Waals surface area contributed by atoms with Crippen LogP contribution in [-0.2, 0) is 12.8 Å². The van der Waals surface area contributed by atoms with E-state index in [9.17, 15) is 0 Å². The highest BCUT2D eigenvalue weighted by Gasteiger charge is 2.18. The van der Waals surface area contributed by atoms with Crippen molar-refractivity contribution < 1.29 is 4.74 Å². The number of benzene rings is 1. The first-order valence-electron chi connectivity index (χ1n) is 6.87. The molecule has 1 aromatic heterocycles. The fourth-order valence-corrected chi connectivity index (χ4v) is 3.89. The summed E-state index contributed by atoms with van der Waals surface area (Å²) >= 11 is 1.88. The molecular formula is C16H19NOS. The Morgan fingerprint density at radius 3 is 2.74 bits per heavy atom. The van der Waals surface area contributed by atoms with Gasteiger partial charge in [0.1, 0.15) is 5.75 Å². The largest absolute Gasteiger partial charge is 0.494 e. The van der Waals surface area contributed by atoms with Crippen molar-refractivity contribution in [2.24, 2.45) is 5.73 Å².